The van der Waals surface area contributed by atoms with E-state index >= 15 is 0 Å². The largest absolute Gasteiger partial charge is 0.491 e. The van der Waals surface area contributed by atoms with Crippen LogP contribution in [-0.2, 0) is 6.54 Å². The van der Waals surface area contributed by atoms with Crippen molar-refractivity contribution in [2.24, 2.45) is 0 Å². The summed E-state index contributed by atoms with van der Waals surface area (Å²) < 4.78 is 69.3. The van der Waals surface area contributed by atoms with Crippen molar-refractivity contribution in [2.45, 2.75) is 19.4 Å². The molecule has 13 heteroatoms. The van der Waals surface area contributed by atoms with Gasteiger partial charge in [-0.05, 0) is 12.1 Å². The van der Waals surface area contributed by atoms with Gasteiger partial charge in [-0.25, -0.2) is 28.1 Å². The van der Waals surface area contributed by atoms with Crippen LogP contribution >= 0.6 is 0 Å². The van der Waals surface area contributed by atoms with Gasteiger partial charge in [0, 0.05) is 41.9 Å². The summed E-state index contributed by atoms with van der Waals surface area (Å²) in [5.74, 6) is -4.10. The average molecular weight is 489 g/mol. The summed E-state index contributed by atoms with van der Waals surface area (Å²) in [6.07, 6.45) is 4.84. The number of pyridine rings is 3. The average Bonchev–Trinajstić information content (AvgIpc) is 3.21. The first kappa shape index (κ1) is 20.0. The monoisotopic (exact) mass is 489 g/mol. The Bertz CT molecular complexity index is 1470. The second-order valence-corrected chi connectivity index (χ2v) is 7.50. The number of fused-ring (bicyclic) bond motifs is 1. The van der Waals surface area contributed by atoms with Gasteiger partial charge in [0.1, 0.15) is 29.5 Å². The van der Waals surface area contributed by atoms with Crippen LogP contribution < -0.4 is 20.7 Å². The number of carbonyl (C=O) groups excluding carboxylic acids is 1. The Labute approximate surface area is 201 Å². The Balaban J connectivity index is 1.77. The lowest BCUT2D eigenvalue weighted by molar-refractivity contribution is 0.00174. The molecule has 0 radical (unpaired) electrons. The Morgan fingerprint density at radius 3 is 2.63 bits per heavy atom. The summed E-state index contributed by atoms with van der Waals surface area (Å²) in [7, 11) is 1.31. The summed E-state index contributed by atoms with van der Waals surface area (Å²) in [5.41, 5.74) is 0.0997. The minimum absolute atomic E-state index is 0.0289. The fourth-order valence-corrected chi connectivity index (χ4v) is 3.30. The quantitative estimate of drug-likeness (QED) is 0.341. The van der Waals surface area contributed by atoms with E-state index in [1.165, 1.54) is 37.7 Å². The van der Waals surface area contributed by atoms with Gasteiger partial charge in [-0.3, -0.25) is 9.48 Å². The standard InChI is InChI=1S/C22H21F3N8O2/c1-22(24,25)11-33-18-12(8-30-33)7-29-20(19(18)35-3)31-15-6-17(28-10-14(15)21(34)26-2)32-16-5-4-13(23)9-27-16/h4-10H,11H2,1-3H3,(H,26,34)(H2,27,28,29,31,32)/i2D3. The molecular weight excluding hydrogens is 465 g/mol. The van der Waals surface area contributed by atoms with E-state index in [-0.39, 0.29) is 40.0 Å². The maximum absolute atomic E-state index is 13.8. The lowest BCUT2D eigenvalue weighted by Gasteiger charge is -2.17. The van der Waals surface area contributed by atoms with E-state index in [2.05, 4.69) is 30.7 Å². The van der Waals surface area contributed by atoms with Gasteiger partial charge >= 0.3 is 0 Å². The first-order chi connectivity index (χ1) is 17.8. The fraction of sp³-hybridized carbons (Fsp3) is 0.227. The number of carbonyl (C=O) groups is 1. The first-order valence-corrected chi connectivity index (χ1v) is 10.1. The lowest BCUT2D eigenvalue weighted by atomic mass is 10.2. The second kappa shape index (κ2) is 9.44. The maximum Gasteiger partial charge on any atom is 0.264 e. The molecule has 0 bridgehead atoms. The van der Waals surface area contributed by atoms with Crippen molar-refractivity contribution < 1.29 is 26.8 Å². The van der Waals surface area contributed by atoms with Crippen molar-refractivity contribution in [1.82, 2.24) is 30.0 Å². The van der Waals surface area contributed by atoms with Crippen molar-refractivity contribution in [1.29, 1.82) is 0 Å². The molecule has 0 fully saturated rings. The van der Waals surface area contributed by atoms with Crippen molar-refractivity contribution in [3.05, 3.63) is 54.4 Å². The van der Waals surface area contributed by atoms with Crippen molar-refractivity contribution in [2.75, 3.05) is 24.7 Å². The number of hydrogen-bond acceptors (Lipinski definition) is 8. The van der Waals surface area contributed by atoms with E-state index < -0.39 is 31.2 Å². The zero-order valence-corrected chi connectivity index (χ0v) is 18.4. The van der Waals surface area contributed by atoms with Crippen LogP contribution in [0.2, 0.25) is 0 Å². The highest BCUT2D eigenvalue weighted by molar-refractivity contribution is 6.01. The molecule has 35 heavy (non-hydrogen) atoms. The SMILES string of the molecule is [2H]C([2H])([2H])NC(=O)c1cnc(Nc2ccc(F)cn2)cc1Nc1ncc2cnn(CC(C)(F)F)c2c1OC. The fourth-order valence-electron chi connectivity index (χ4n) is 3.30. The highest BCUT2D eigenvalue weighted by Crippen LogP contribution is 2.35. The molecule has 4 aromatic heterocycles. The molecule has 0 saturated heterocycles. The molecule has 4 rings (SSSR count). The van der Waals surface area contributed by atoms with Gasteiger partial charge in [0.25, 0.3) is 11.8 Å². The zero-order valence-electron chi connectivity index (χ0n) is 21.4. The van der Waals surface area contributed by atoms with Crippen LogP contribution in [0.5, 0.6) is 5.75 Å². The van der Waals surface area contributed by atoms with E-state index in [1.54, 1.807) is 0 Å². The van der Waals surface area contributed by atoms with Crippen LogP contribution in [-0.4, -0.2) is 50.6 Å². The number of ether oxygens (including phenoxy) is 1. The summed E-state index contributed by atoms with van der Waals surface area (Å²) in [5, 5.41) is 12.0. The number of rotatable bonds is 8. The Hall–Kier alpha value is -4.42. The minimum atomic E-state index is -3.07. The molecule has 0 saturated carbocycles. The number of methoxy groups -OCH3 is 1. The predicted molar refractivity (Wildman–Crippen MR) is 123 cm³/mol. The topological polar surface area (TPSA) is 119 Å². The number of nitrogens with zero attached hydrogens (tertiary/aromatic N) is 5. The van der Waals surface area contributed by atoms with Crippen LogP contribution in [0.15, 0.2) is 43.0 Å². The van der Waals surface area contributed by atoms with Gasteiger partial charge in [-0.1, -0.05) is 0 Å². The number of alkyl halides is 2. The van der Waals surface area contributed by atoms with Gasteiger partial charge < -0.3 is 20.7 Å². The zero-order chi connectivity index (χ0) is 27.7. The highest BCUT2D eigenvalue weighted by atomic mass is 19.3. The second-order valence-electron chi connectivity index (χ2n) is 7.50. The molecule has 1 amide bonds. The molecule has 182 valence electrons. The van der Waals surface area contributed by atoms with Gasteiger partial charge in [0.05, 0.1) is 30.8 Å². The van der Waals surface area contributed by atoms with E-state index in [0.717, 1.165) is 24.0 Å². The number of aromatic nitrogens is 5. The third-order valence-electron chi connectivity index (χ3n) is 4.76. The Morgan fingerprint density at radius 1 is 1.14 bits per heavy atom. The molecule has 0 unspecified atom stereocenters. The number of nitrogens with one attached hydrogen (secondary N) is 3. The Morgan fingerprint density at radius 2 is 1.94 bits per heavy atom. The third-order valence-corrected chi connectivity index (χ3v) is 4.76. The molecule has 0 aliphatic carbocycles. The predicted octanol–water partition coefficient (Wildman–Crippen LogP) is 3.87. The van der Waals surface area contributed by atoms with Crippen LogP contribution in [0.4, 0.5) is 36.3 Å². The van der Waals surface area contributed by atoms with Crippen LogP contribution in [0, 0.1) is 5.82 Å². The van der Waals surface area contributed by atoms with E-state index in [4.69, 9.17) is 8.85 Å². The van der Waals surface area contributed by atoms with Crippen LogP contribution in [0.25, 0.3) is 10.9 Å². The van der Waals surface area contributed by atoms with Crippen molar-refractivity contribution >= 4 is 40.0 Å². The molecule has 0 aromatic carbocycles. The Kier molecular flexibility index (Phi) is 5.40. The molecule has 0 spiro atoms. The summed E-state index contributed by atoms with van der Waals surface area (Å²) in [4.78, 5) is 25.0. The molecule has 4 aromatic rings. The molecule has 0 atom stereocenters. The first-order valence-electron chi connectivity index (χ1n) is 11.6. The number of anilines is 4. The van der Waals surface area contributed by atoms with E-state index in [0.29, 0.717) is 5.39 Å². The van der Waals surface area contributed by atoms with Gasteiger partial charge in [-0.2, -0.15) is 5.10 Å². The number of amides is 1. The normalized spacial score (nSPS) is 13.0. The summed E-state index contributed by atoms with van der Waals surface area (Å²) in [6.45, 7) is -2.75. The maximum atomic E-state index is 13.8. The van der Waals surface area contributed by atoms with Crippen molar-refractivity contribution in [3.8, 4) is 5.75 Å². The molecule has 0 aliphatic rings. The number of halogens is 3. The lowest BCUT2D eigenvalue weighted by Crippen LogP contribution is -2.20. The molecule has 0 aliphatic heterocycles. The van der Waals surface area contributed by atoms with Crippen LogP contribution in [0.3, 0.4) is 0 Å². The third kappa shape index (κ3) is 5.23. The van der Waals surface area contributed by atoms with E-state index in [9.17, 15) is 18.0 Å². The van der Waals surface area contributed by atoms with Crippen LogP contribution in [0.1, 0.15) is 21.4 Å². The van der Waals surface area contributed by atoms with E-state index in [1.807, 2.05) is 5.32 Å². The molecule has 4 heterocycles. The van der Waals surface area contributed by atoms with Gasteiger partial charge in [0.2, 0.25) is 0 Å². The molecular formula is C22H21F3N8O2. The highest BCUT2D eigenvalue weighted by Gasteiger charge is 2.26. The molecule has 3 N–H and O–H groups in total. The summed E-state index contributed by atoms with van der Waals surface area (Å²) >= 11 is 0. The smallest absolute Gasteiger partial charge is 0.264 e. The van der Waals surface area contributed by atoms with Gasteiger partial charge in [-0.15, -0.1) is 0 Å². The minimum Gasteiger partial charge on any atom is -0.491 e. The van der Waals surface area contributed by atoms with Gasteiger partial charge in [0.15, 0.2) is 11.6 Å². The van der Waals surface area contributed by atoms with Crippen molar-refractivity contribution in [3.63, 3.8) is 0 Å². The molecule has 10 nitrogen and oxygen atoms in total. The number of hydrogen-bond donors (Lipinski definition) is 3. The summed E-state index contributed by atoms with van der Waals surface area (Å²) in [6, 6.07) is 3.91.